The Hall–Kier alpha value is -3.12. The largest absolute Gasteiger partial charge is 0.481 e. The number of benzene rings is 2. The molecule has 0 aliphatic carbocycles. The number of H-pyrrole nitrogens is 1. The minimum atomic E-state index is -0.551. The zero-order valence-electron chi connectivity index (χ0n) is 19.5. The number of nitrogens with one attached hydrogen (secondary N) is 1. The van der Waals surface area contributed by atoms with Gasteiger partial charge in [-0.05, 0) is 24.1 Å². The van der Waals surface area contributed by atoms with Gasteiger partial charge in [0.2, 0.25) is 0 Å². The van der Waals surface area contributed by atoms with Gasteiger partial charge < -0.3 is 14.5 Å². The van der Waals surface area contributed by atoms with E-state index in [1.807, 2.05) is 39.8 Å². The number of esters is 1. The van der Waals surface area contributed by atoms with Crippen LogP contribution in [-0.4, -0.2) is 30.5 Å². The molecule has 3 rings (SSSR count). The zero-order valence-corrected chi connectivity index (χ0v) is 20.3. The molecule has 0 atom stereocenters. The fourth-order valence-corrected chi connectivity index (χ4v) is 3.84. The van der Waals surface area contributed by atoms with E-state index in [4.69, 9.17) is 16.3 Å². The fraction of sp³-hybridized carbons (Fsp3) is 0.346. The highest BCUT2D eigenvalue weighted by Gasteiger charge is 2.23. The molecule has 0 saturated heterocycles. The van der Waals surface area contributed by atoms with Gasteiger partial charge in [0.25, 0.3) is 0 Å². The maximum atomic E-state index is 13.6. The minimum Gasteiger partial charge on any atom is -0.481 e. The number of fused-ring (bicyclic) bond motifs is 1. The SMILES string of the molecule is CCc1[nH]c2c(Cl)ccc(OCC(=O)OC)c2c(=O)c1Cc1ccc(C(=O)C(C)(C)C)cc1. The number of carbonyl (C=O) groups excluding carboxylic acids is 2. The summed E-state index contributed by atoms with van der Waals surface area (Å²) in [5, 5.41) is 0.678. The van der Waals surface area contributed by atoms with E-state index < -0.39 is 11.4 Å². The first-order valence-electron chi connectivity index (χ1n) is 10.8. The molecular formula is C26H28ClNO5. The highest BCUT2D eigenvalue weighted by atomic mass is 35.5. The van der Waals surface area contributed by atoms with Crippen molar-refractivity contribution in [1.29, 1.82) is 0 Å². The summed E-state index contributed by atoms with van der Waals surface area (Å²) < 4.78 is 10.2. The molecule has 1 aromatic heterocycles. The lowest BCUT2D eigenvalue weighted by Gasteiger charge is -2.17. The van der Waals surface area contributed by atoms with Crippen LogP contribution in [0.4, 0.5) is 0 Å². The summed E-state index contributed by atoms with van der Waals surface area (Å²) in [5.74, 6) is -0.227. The molecule has 7 heteroatoms. The van der Waals surface area contributed by atoms with Gasteiger partial charge in [0.15, 0.2) is 17.8 Å². The molecular weight excluding hydrogens is 442 g/mol. The molecule has 1 N–H and O–H groups in total. The second-order valence-electron chi connectivity index (χ2n) is 8.88. The highest BCUT2D eigenvalue weighted by molar-refractivity contribution is 6.35. The predicted octanol–water partition coefficient (Wildman–Crippen LogP) is 5.12. The summed E-state index contributed by atoms with van der Waals surface area (Å²) >= 11 is 6.37. The lowest BCUT2D eigenvalue weighted by atomic mass is 9.86. The zero-order chi connectivity index (χ0) is 24.3. The standard InChI is InChI=1S/C26H28ClNO5/c1-6-19-17(13-15-7-9-16(10-8-15)25(31)26(2,3)4)24(30)22-20(33-14-21(29)32-5)12-11-18(27)23(22)28-19/h7-12H,6,13-14H2,1-5H3,(H,28,30). The number of pyridine rings is 1. The number of hydrogen-bond acceptors (Lipinski definition) is 5. The molecule has 0 bridgehead atoms. The van der Waals surface area contributed by atoms with E-state index >= 15 is 0 Å². The van der Waals surface area contributed by atoms with Gasteiger partial charge in [-0.2, -0.15) is 0 Å². The van der Waals surface area contributed by atoms with Crippen LogP contribution in [0.2, 0.25) is 5.02 Å². The maximum absolute atomic E-state index is 13.6. The number of rotatable bonds is 7. The molecule has 0 aliphatic heterocycles. The van der Waals surface area contributed by atoms with Crippen LogP contribution in [0.5, 0.6) is 5.75 Å². The number of Topliss-reactive ketones (excluding diaryl/α,β-unsaturated/α-hetero) is 1. The van der Waals surface area contributed by atoms with Crippen LogP contribution in [0.25, 0.3) is 10.9 Å². The Kier molecular flexibility index (Phi) is 7.28. The molecule has 0 spiro atoms. The monoisotopic (exact) mass is 469 g/mol. The van der Waals surface area contributed by atoms with Crippen molar-refractivity contribution < 1.29 is 19.1 Å². The molecule has 0 aliphatic rings. The number of ketones is 1. The summed E-state index contributed by atoms with van der Waals surface area (Å²) in [6.07, 6.45) is 0.978. The molecule has 33 heavy (non-hydrogen) atoms. The highest BCUT2D eigenvalue weighted by Crippen LogP contribution is 2.30. The van der Waals surface area contributed by atoms with Crippen LogP contribution in [0.3, 0.4) is 0 Å². The van der Waals surface area contributed by atoms with Crippen molar-refractivity contribution in [2.24, 2.45) is 5.41 Å². The van der Waals surface area contributed by atoms with Crippen molar-refractivity contribution in [2.45, 2.75) is 40.5 Å². The van der Waals surface area contributed by atoms with Crippen molar-refractivity contribution in [3.8, 4) is 5.75 Å². The van der Waals surface area contributed by atoms with Crippen molar-refractivity contribution in [2.75, 3.05) is 13.7 Å². The molecule has 6 nitrogen and oxygen atoms in total. The van der Waals surface area contributed by atoms with E-state index in [0.29, 0.717) is 34.5 Å². The first kappa shape index (κ1) is 24.5. The number of aromatic amines is 1. The van der Waals surface area contributed by atoms with E-state index in [2.05, 4.69) is 9.72 Å². The molecule has 1 heterocycles. The van der Waals surface area contributed by atoms with Gasteiger partial charge in [-0.25, -0.2) is 4.79 Å². The Morgan fingerprint density at radius 1 is 1.06 bits per heavy atom. The van der Waals surface area contributed by atoms with Gasteiger partial charge >= 0.3 is 5.97 Å². The lowest BCUT2D eigenvalue weighted by molar-refractivity contribution is -0.142. The summed E-state index contributed by atoms with van der Waals surface area (Å²) in [7, 11) is 1.27. The maximum Gasteiger partial charge on any atom is 0.343 e. The van der Waals surface area contributed by atoms with Crippen LogP contribution < -0.4 is 10.2 Å². The topological polar surface area (TPSA) is 85.5 Å². The van der Waals surface area contributed by atoms with Crippen molar-refractivity contribution in [3.63, 3.8) is 0 Å². The minimum absolute atomic E-state index is 0.0638. The molecule has 174 valence electrons. The second-order valence-corrected chi connectivity index (χ2v) is 9.29. The van der Waals surface area contributed by atoms with E-state index in [1.165, 1.54) is 7.11 Å². The average Bonchev–Trinajstić information content (AvgIpc) is 2.79. The molecule has 0 unspecified atom stereocenters. The second kappa shape index (κ2) is 9.79. The van der Waals surface area contributed by atoms with Crippen molar-refractivity contribution in [3.05, 3.63) is 74.0 Å². The van der Waals surface area contributed by atoms with Gasteiger partial charge in [-0.1, -0.05) is 63.6 Å². The third-order valence-corrected chi connectivity index (χ3v) is 5.78. The van der Waals surface area contributed by atoms with Crippen LogP contribution in [0.15, 0.2) is 41.2 Å². The molecule has 3 aromatic rings. The van der Waals surface area contributed by atoms with E-state index in [-0.39, 0.29) is 29.0 Å². The van der Waals surface area contributed by atoms with E-state index in [9.17, 15) is 14.4 Å². The van der Waals surface area contributed by atoms with E-state index in [0.717, 1.165) is 11.3 Å². The Morgan fingerprint density at radius 3 is 2.30 bits per heavy atom. The van der Waals surface area contributed by atoms with Gasteiger partial charge in [0.05, 0.1) is 23.0 Å². The molecule has 0 radical (unpaired) electrons. The number of carbonyl (C=O) groups is 2. The molecule has 0 amide bonds. The Bertz CT molecular complexity index is 1250. The lowest BCUT2D eigenvalue weighted by Crippen LogP contribution is -2.20. The normalized spacial score (nSPS) is 11.5. The van der Waals surface area contributed by atoms with Gasteiger partial charge in [-0.3, -0.25) is 9.59 Å². The summed E-state index contributed by atoms with van der Waals surface area (Å²) in [5.41, 5.74) is 2.69. The van der Waals surface area contributed by atoms with Crippen LogP contribution >= 0.6 is 11.6 Å². The first-order chi connectivity index (χ1) is 15.6. The van der Waals surface area contributed by atoms with Crippen LogP contribution in [-0.2, 0) is 22.4 Å². The number of halogens is 1. The fourth-order valence-electron chi connectivity index (χ4n) is 3.64. The van der Waals surface area contributed by atoms with Gasteiger partial charge in [0, 0.05) is 28.7 Å². The average molecular weight is 470 g/mol. The molecule has 2 aromatic carbocycles. The van der Waals surface area contributed by atoms with Crippen molar-refractivity contribution >= 4 is 34.3 Å². The number of hydrogen-bond donors (Lipinski definition) is 1. The number of aromatic nitrogens is 1. The van der Waals surface area contributed by atoms with E-state index in [1.54, 1.807) is 24.3 Å². The summed E-state index contributed by atoms with van der Waals surface area (Å²) in [4.78, 5) is 40.9. The van der Waals surface area contributed by atoms with Crippen LogP contribution in [0, 0.1) is 5.41 Å². The first-order valence-corrected chi connectivity index (χ1v) is 11.1. The van der Waals surface area contributed by atoms with Gasteiger partial charge in [-0.15, -0.1) is 0 Å². The van der Waals surface area contributed by atoms with Crippen LogP contribution in [0.1, 0.15) is 54.9 Å². The Morgan fingerprint density at radius 2 is 1.73 bits per heavy atom. The summed E-state index contributed by atoms with van der Waals surface area (Å²) in [6, 6.07) is 10.5. The predicted molar refractivity (Wildman–Crippen MR) is 130 cm³/mol. The number of methoxy groups -OCH3 is 1. The Labute approximate surface area is 197 Å². The summed E-state index contributed by atoms with van der Waals surface area (Å²) in [6.45, 7) is 7.29. The molecule has 0 saturated carbocycles. The Balaban J connectivity index is 2.05. The number of ether oxygens (including phenoxy) is 2. The smallest absolute Gasteiger partial charge is 0.343 e. The number of aryl methyl sites for hydroxylation is 1. The van der Waals surface area contributed by atoms with Gasteiger partial charge in [0.1, 0.15) is 5.75 Å². The third-order valence-electron chi connectivity index (χ3n) is 5.46. The quantitative estimate of drug-likeness (QED) is 0.383. The molecule has 0 fully saturated rings. The third kappa shape index (κ3) is 5.28. The van der Waals surface area contributed by atoms with Crippen molar-refractivity contribution in [1.82, 2.24) is 4.98 Å².